The molecule has 0 radical (unpaired) electrons. The molecule has 0 aliphatic carbocycles. The Morgan fingerprint density at radius 3 is 1.82 bits per heavy atom. The van der Waals surface area contributed by atoms with E-state index in [9.17, 15) is 0 Å². The minimum Gasteiger partial charge on any atom is -0.487 e. The minimum atomic E-state index is 0.115. The van der Waals surface area contributed by atoms with Gasteiger partial charge in [0, 0.05) is 5.92 Å². The van der Waals surface area contributed by atoms with Gasteiger partial charge in [-0.05, 0) is 36.0 Å². The van der Waals surface area contributed by atoms with Crippen molar-refractivity contribution in [3.05, 3.63) is 35.9 Å². The van der Waals surface area contributed by atoms with Gasteiger partial charge in [0.15, 0.2) is 5.05 Å². The van der Waals surface area contributed by atoms with Gasteiger partial charge < -0.3 is 4.74 Å². The lowest BCUT2D eigenvalue weighted by atomic mass is 9.77. The number of unbranched alkanes of at least 4 members (excludes halogenated alkanes) is 10. The third kappa shape index (κ3) is 11.8. The highest BCUT2D eigenvalue weighted by Crippen LogP contribution is 2.31. The first kappa shape index (κ1) is 25.1. The smallest absolute Gasteiger partial charge is 0.163 e. The van der Waals surface area contributed by atoms with Crippen molar-refractivity contribution in [1.29, 1.82) is 0 Å². The topological polar surface area (TPSA) is 9.23 Å². The molecule has 1 atom stereocenters. The Kier molecular flexibility index (Phi) is 13.5. The van der Waals surface area contributed by atoms with E-state index in [0.717, 1.165) is 24.5 Å². The van der Waals surface area contributed by atoms with Crippen molar-refractivity contribution in [2.75, 3.05) is 6.61 Å². The monoisotopic (exact) mass is 404 g/mol. The molecule has 0 N–H and O–H groups in total. The second kappa shape index (κ2) is 15.0. The van der Waals surface area contributed by atoms with E-state index < -0.39 is 0 Å². The summed E-state index contributed by atoms with van der Waals surface area (Å²) in [5.74, 6) is 0.276. The molecule has 1 aromatic rings. The highest BCUT2D eigenvalue weighted by atomic mass is 32.1. The van der Waals surface area contributed by atoms with Crippen LogP contribution in [0.4, 0.5) is 0 Å². The number of benzene rings is 1. The lowest BCUT2D eigenvalue weighted by Gasteiger charge is -2.31. The summed E-state index contributed by atoms with van der Waals surface area (Å²) in [6, 6.07) is 10.6. The van der Waals surface area contributed by atoms with Crippen molar-refractivity contribution in [2.24, 2.45) is 11.3 Å². The van der Waals surface area contributed by atoms with Crippen molar-refractivity contribution < 1.29 is 4.74 Å². The van der Waals surface area contributed by atoms with Crippen LogP contribution in [0.3, 0.4) is 0 Å². The molecule has 0 aromatic heterocycles. The molecule has 0 aliphatic rings. The summed E-state index contributed by atoms with van der Waals surface area (Å²) >= 11 is 5.68. The fraction of sp³-hybridized carbons (Fsp3) is 0.731. The van der Waals surface area contributed by atoms with Gasteiger partial charge in [-0.25, -0.2) is 0 Å². The van der Waals surface area contributed by atoms with E-state index in [1.807, 2.05) is 0 Å². The maximum Gasteiger partial charge on any atom is 0.163 e. The molecule has 0 heterocycles. The van der Waals surface area contributed by atoms with Crippen molar-refractivity contribution in [1.82, 2.24) is 0 Å². The molecule has 28 heavy (non-hydrogen) atoms. The lowest BCUT2D eigenvalue weighted by molar-refractivity contribution is 0.227. The first-order valence-corrected chi connectivity index (χ1v) is 12.1. The third-order valence-electron chi connectivity index (χ3n) is 5.60. The third-order valence-corrected chi connectivity index (χ3v) is 6.01. The molecule has 0 saturated carbocycles. The Labute approximate surface area is 180 Å². The summed E-state index contributed by atoms with van der Waals surface area (Å²) in [5.41, 5.74) is 1.45. The predicted molar refractivity (Wildman–Crippen MR) is 128 cm³/mol. The summed E-state index contributed by atoms with van der Waals surface area (Å²) in [5, 5.41) is 0.795. The average Bonchev–Trinajstić information content (AvgIpc) is 2.66. The quantitative estimate of drug-likeness (QED) is 0.214. The van der Waals surface area contributed by atoms with Crippen LogP contribution in [-0.2, 0) is 11.2 Å². The second-order valence-corrected chi connectivity index (χ2v) is 9.71. The molecular weight excluding hydrogens is 360 g/mol. The molecule has 0 spiro atoms. The highest BCUT2D eigenvalue weighted by Gasteiger charge is 2.29. The maximum atomic E-state index is 6.02. The van der Waals surface area contributed by atoms with Crippen LogP contribution < -0.4 is 0 Å². The zero-order valence-corrected chi connectivity index (χ0v) is 19.8. The van der Waals surface area contributed by atoms with Crippen LogP contribution in [0.1, 0.15) is 104 Å². The maximum absolute atomic E-state index is 6.02. The fourth-order valence-corrected chi connectivity index (χ4v) is 4.15. The van der Waals surface area contributed by atoms with Crippen molar-refractivity contribution >= 4 is 17.3 Å². The van der Waals surface area contributed by atoms with E-state index in [2.05, 4.69) is 58.0 Å². The summed E-state index contributed by atoms with van der Waals surface area (Å²) in [7, 11) is 0. The van der Waals surface area contributed by atoms with Crippen molar-refractivity contribution in [2.45, 2.75) is 105 Å². The van der Waals surface area contributed by atoms with Crippen LogP contribution >= 0.6 is 12.2 Å². The number of ether oxygens (including phenoxy) is 1. The SMILES string of the molecule is CCCCCCCCCCCCCOC(=S)C(Cc1ccccc1)C(C)(C)C. The van der Waals surface area contributed by atoms with Gasteiger partial charge in [-0.3, -0.25) is 0 Å². The summed E-state index contributed by atoms with van der Waals surface area (Å²) < 4.78 is 6.02. The molecule has 160 valence electrons. The van der Waals surface area contributed by atoms with Gasteiger partial charge in [-0.15, -0.1) is 0 Å². The number of thiocarbonyl (C=S) groups is 1. The van der Waals surface area contributed by atoms with Crippen LogP contribution in [0.2, 0.25) is 0 Å². The standard InChI is InChI=1S/C26H44OS/c1-5-6-7-8-9-10-11-12-13-14-18-21-27-25(28)24(26(2,3)4)22-23-19-16-15-17-20-23/h15-17,19-20,24H,5-14,18,21-22H2,1-4H3. The van der Waals surface area contributed by atoms with Gasteiger partial charge in [0.2, 0.25) is 0 Å². The largest absolute Gasteiger partial charge is 0.487 e. The van der Waals surface area contributed by atoms with Crippen LogP contribution in [0, 0.1) is 11.3 Å². The molecular formula is C26H44OS. The Morgan fingerprint density at radius 2 is 1.32 bits per heavy atom. The Hall–Kier alpha value is -0.890. The Bertz CT molecular complexity index is 503. The molecule has 0 amide bonds. The van der Waals surface area contributed by atoms with Gasteiger partial charge in [0.25, 0.3) is 0 Å². The fourth-order valence-electron chi connectivity index (χ4n) is 3.63. The molecule has 1 rings (SSSR count). The highest BCUT2D eigenvalue weighted by molar-refractivity contribution is 7.80. The summed E-state index contributed by atoms with van der Waals surface area (Å²) in [4.78, 5) is 0. The normalized spacial score (nSPS) is 12.7. The molecule has 1 unspecified atom stereocenters. The van der Waals surface area contributed by atoms with E-state index in [-0.39, 0.29) is 11.3 Å². The minimum absolute atomic E-state index is 0.115. The summed E-state index contributed by atoms with van der Waals surface area (Å²) in [6.45, 7) is 9.84. The molecule has 1 nitrogen and oxygen atoms in total. The number of hydrogen-bond donors (Lipinski definition) is 0. The molecule has 0 fully saturated rings. The Balaban J connectivity index is 2.15. The van der Waals surface area contributed by atoms with Crippen LogP contribution in [0.5, 0.6) is 0 Å². The molecule has 2 heteroatoms. The molecule has 0 saturated heterocycles. The zero-order chi connectivity index (χ0) is 20.7. The van der Waals surface area contributed by atoms with Gasteiger partial charge in [-0.2, -0.15) is 0 Å². The average molecular weight is 405 g/mol. The van der Waals surface area contributed by atoms with E-state index in [1.165, 1.54) is 69.8 Å². The van der Waals surface area contributed by atoms with Crippen molar-refractivity contribution in [3.63, 3.8) is 0 Å². The van der Waals surface area contributed by atoms with Gasteiger partial charge in [-0.1, -0.05) is 122 Å². The lowest BCUT2D eigenvalue weighted by Crippen LogP contribution is -2.31. The number of hydrogen-bond acceptors (Lipinski definition) is 2. The first-order valence-electron chi connectivity index (χ1n) is 11.7. The van der Waals surface area contributed by atoms with E-state index in [1.54, 1.807) is 0 Å². The summed E-state index contributed by atoms with van der Waals surface area (Å²) in [6.07, 6.45) is 15.9. The van der Waals surface area contributed by atoms with E-state index in [0.29, 0.717) is 0 Å². The zero-order valence-electron chi connectivity index (χ0n) is 19.0. The van der Waals surface area contributed by atoms with Crippen molar-refractivity contribution in [3.8, 4) is 0 Å². The van der Waals surface area contributed by atoms with Gasteiger partial charge in [0.05, 0.1) is 6.61 Å². The second-order valence-electron chi connectivity index (χ2n) is 9.31. The molecule has 0 aliphatic heterocycles. The number of rotatable bonds is 15. The van der Waals surface area contributed by atoms with E-state index >= 15 is 0 Å². The Morgan fingerprint density at radius 1 is 0.821 bits per heavy atom. The predicted octanol–water partition coefficient (Wildman–Crippen LogP) is 8.55. The molecule has 1 aromatic carbocycles. The van der Waals surface area contributed by atoms with E-state index in [4.69, 9.17) is 17.0 Å². The first-order chi connectivity index (χ1) is 13.4. The van der Waals surface area contributed by atoms with Gasteiger partial charge >= 0.3 is 0 Å². The molecule has 0 bridgehead atoms. The van der Waals surface area contributed by atoms with Crippen LogP contribution in [0.25, 0.3) is 0 Å². The van der Waals surface area contributed by atoms with Gasteiger partial charge in [0.1, 0.15) is 0 Å². The van der Waals surface area contributed by atoms with Crippen LogP contribution in [0.15, 0.2) is 30.3 Å². The van der Waals surface area contributed by atoms with Crippen LogP contribution in [-0.4, -0.2) is 11.7 Å².